The van der Waals surface area contributed by atoms with Crippen LogP contribution < -0.4 is 10.5 Å². The zero-order chi connectivity index (χ0) is 21.6. The molecule has 3 aromatic rings. The molecule has 0 radical (unpaired) electrons. The average molecular weight is 475 g/mol. The van der Waals surface area contributed by atoms with Crippen LogP contribution in [0.4, 0.5) is 0 Å². The van der Waals surface area contributed by atoms with Crippen molar-refractivity contribution < 1.29 is 14.3 Å². The van der Waals surface area contributed by atoms with Gasteiger partial charge in [0.25, 0.3) is 6.02 Å². The molecule has 1 atom stereocenters. The van der Waals surface area contributed by atoms with Gasteiger partial charge in [-0.25, -0.2) is 4.79 Å². The van der Waals surface area contributed by atoms with Gasteiger partial charge in [-0.1, -0.05) is 76.6 Å². The highest BCUT2D eigenvalue weighted by Gasteiger charge is 2.20. The van der Waals surface area contributed by atoms with Crippen LogP contribution in [-0.2, 0) is 9.53 Å². The Kier molecular flexibility index (Phi) is 6.29. The number of benzene rings is 3. The molecule has 0 saturated heterocycles. The summed E-state index contributed by atoms with van der Waals surface area (Å²) in [6.07, 6.45) is 4.61. The second kappa shape index (κ2) is 9.45. The van der Waals surface area contributed by atoms with Crippen molar-refractivity contribution in [3.8, 4) is 5.75 Å². The van der Waals surface area contributed by atoms with Crippen molar-refractivity contribution in [2.24, 2.45) is 10.7 Å². The van der Waals surface area contributed by atoms with E-state index < -0.39 is 12.1 Å². The van der Waals surface area contributed by atoms with E-state index >= 15 is 0 Å². The van der Waals surface area contributed by atoms with Crippen molar-refractivity contribution in [1.82, 2.24) is 0 Å². The number of aliphatic imine (C=N–C) groups is 1. The molecule has 0 spiro atoms. The molecule has 3 aromatic carbocycles. The summed E-state index contributed by atoms with van der Waals surface area (Å²) >= 11 is 3.54. The first kappa shape index (κ1) is 20.6. The van der Waals surface area contributed by atoms with Crippen LogP contribution in [0.25, 0.3) is 11.8 Å². The lowest BCUT2D eigenvalue weighted by Gasteiger charge is -2.21. The van der Waals surface area contributed by atoms with Crippen LogP contribution >= 0.6 is 15.9 Å². The van der Waals surface area contributed by atoms with Crippen LogP contribution in [0.5, 0.6) is 5.75 Å². The van der Waals surface area contributed by atoms with Crippen LogP contribution in [0.3, 0.4) is 0 Å². The van der Waals surface area contributed by atoms with Gasteiger partial charge in [0.15, 0.2) is 0 Å². The first-order valence-corrected chi connectivity index (χ1v) is 10.4. The fraction of sp³-hybridized carbons (Fsp3) is 0.0400. The van der Waals surface area contributed by atoms with Gasteiger partial charge in [-0.15, -0.1) is 0 Å². The Labute approximate surface area is 188 Å². The highest BCUT2D eigenvalue weighted by Crippen LogP contribution is 2.33. The standard InChI is InChI=1S/C25H19BrN2O3/c26-21-9-5-4-8-20(21)22-16-23(31-25(27)28-22)18-11-13-19(14-12-18)30-24(29)15-10-17-6-2-1-3-7-17/h1-16,23H,(H2,27,28)/b15-10-. The molecule has 1 aliphatic heterocycles. The second-order valence-corrected chi connectivity index (χ2v) is 7.61. The molecule has 2 N–H and O–H groups in total. The maximum Gasteiger partial charge on any atom is 0.336 e. The number of hydrogen-bond acceptors (Lipinski definition) is 5. The van der Waals surface area contributed by atoms with Crippen molar-refractivity contribution >= 4 is 39.7 Å². The zero-order valence-corrected chi connectivity index (χ0v) is 18.0. The second-order valence-electron chi connectivity index (χ2n) is 6.75. The fourth-order valence-electron chi connectivity index (χ4n) is 3.08. The van der Waals surface area contributed by atoms with Crippen LogP contribution in [0.1, 0.15) is 22.8 Å². The molecular weight excluding hydrogens is 456 g/mol. The number of nitrogens with zero attached hydrogens (tertiary/aromatic N) is 1. The number of esters is 1. The highest BCUT2D eigenvalue weighted by molar-refractivity contribution is 9.10. The molecule has 0 saturated carbocycles. The van der Waals surface area contributed by atoms with Crippen molar-refractivity contribution in [3.63, 3.8) is 0 Å². The molecule has 0 aliphatic carbocycles. The Hall–Kier alpha value is -3.64. The van der Waals surface area contributed by atoms with E-state index in [1.165, 1.54) is 6.08 Å². The first-order chi connectivity index (χ1) is 15.1. The number of rotatable bonds is 5. The predicted octanol–water partition coefficient (Wildman–Crippen LogP) is 5.50. The molecule has 1 heterocycles. The molecule has 0 fully saturated rings. The first-order valence-electron chi connectivity index (χ1n) is 9.61. The zero-order valence-electron chi connectivity index (χ0n) is 16.4. The van der Waals surface area contributed by atoms with Gasteiger partial charge in [0.05, 0.1) is 5.70 Å². The van der Waals surface area contributed by atoms with Gasteiger partial charge in [-0.05, 0) is 41.5 Å². The normalized spacial score (nSPS) is 15.7. The minimum atomic E-state index is -0.446. The van der Waals surface area contributed by atoms with Gasteiger partial charge in [0.2, 0.25) is 0 Å². The predicted molar refractivity (Wildman–Crippen MR) is 125 cm³/mol. The molecule has 4 rings (SSSR count). The van der Waals surface area contributed by atoms with E-state index in [4.69, 9.17) is 15.2 Å². The lowest BCUT2D eigenvalue weighted by Crippen LogP contribution is -2.22. The van der Waals surface area contributed by atoms with Gasteiger partial charge < -0.3 is 15.2 Å². The topological polar surface area (TPSA) is 73.9 Å². The summed E-state index contributed by atoms with van der Waals surface area (Å²) in [5, 5.41) is 0. The third-order valence-corrected chi connectivity index (χ3v) is 5.27. The van der Waals surface area contributed by atoms with Crippen molar-refractivity contribution in [1.29, 1.82) is 0 Å². The lowest BCUT2D eigenvalue weighted by molar-refractivity contribution is -0.128. The summed E-state index contributed by atoms with van der Waals surface area (Å²) in [6, 6.07) is 24.5. The Bertz CT molecular complexity index is 1170. The third kappa shape index (κ3) is 5.29. The van der Waals surface area contributed by atoms with Gasteiger partial charge in [0, 0.05) is 16.1 Å². The van der Waals surface area contributed by atoms with Crippen molar-refractivity contribution in [2.45, 2.75) is 6.10 Å². The monoisotopic (exact) mass is 474 g/mol. The number of carbonyl (C=O) groups is 1. The molecule has 0 aromatic heterocycles. The number of carbonyl (C=O) groups excluding carboxylic acids is 1. The molecular formula is C25H19BrN2O3. The summed E-state index contributed by atoms with van der Waals surface area (Å²) < 4.78 is 12.0. The van der Waals surface area contributed by atoms with Gasteiger partial charge in [-0.3, -0.25) is 0 Å². The van der Waals surface area contributed by atoms with E-state index in [1.807, 2.05) is 72.8 Å². The molecule has 6 heteroatoms. The van der Waals surface area contributed by atoms with E-state index in [0.29, 0.717) is 5.75 Å². The summed E-state index contributed by atoms with van der Waals surface area (Å²) in [7, 11) is 0. The van der Waals surface area contributed by atoms with Crippen molar-refractivity contribution in [3.05, 3.63) is 112 Å². The van der Waals surface area contributed by atoms with Crippen molar-refractivity contribution in [2.75, 3.05) is 0 Å². The molecule has 1 aliphatic rings. The van der Waals surface area contributed by atoms with E-state index in [0.717, 1.165) is 26.9 Å². The smallest absolute Gasteiger partial charge is 0.336 e. The summed E-state index contributed by atoms with van der Waals surface area (Å²) in [4.78, 5) is 16.4. The Morgan fingerprint density at radius 1 is 1.00 bits per heavy atom. The van der Waals surface area contributed by atoms with E-state index in [-0.39, 0.29) is 6.02 Å². The van der Waals surface area contributed by atoms with Crippen LogP contribution in [0.15, 0.2) is 100 Å². The number of ether oxygens (including phenoxy) is 2. The maximum atomic E-state index is 12.1. The SMILES string of the molecule is NC1=NC(c2ccccc2Br)=CC(c2ccc(OC(=O)/C=C\c3ccccc3)cc2)O1. The van der Waals surface area contributed by atoms with Gasteiger partial charge in [-0.2, -0.15) is 4.99 Å². The number of halogens is 1. The summed E-state index contributed by atoms with van der Waals surface area (Å²) in [6.45, 7) is 0. The number of hydrogen-bond donors (Lipinski definition) is 1. The fourth-order valence-corrected chi connectivity index (χ4v) is 3.57. The number of nitrogens with two attached hydrogens (primary N) is 1. The molecule has 0 bridgehead atoms. The minimum Gasteiger partial charge on any atom is -0.453 e. The summed E-state index contributed by atoms with van der Waals surface area (Å²) in [5.74, 6) is -0.00285. The Balaban J connectivity index is 1.46. The Morgan fingerprint density at radius 3 is 2.45 bits per heavy atom. The van der Waals surface area contributed by atoms with Crippen LogP contribution in [0.2, 0.25) is 0 Å². The quantitative estimate of drug-likeness (QED) is 0.301. The lowest BCUT2D eigenvalue weighted by atomic mass is 10.0. The van der Waals surface area contributed by atoms with E-state index in [9.17, 15) is 4.79 Å². The number of amidine groups is 1. The van der Waals surface area contributed by atoms with Gasteiger partial charge in [0.1, 0.15) is 11.9 Å². The molecule has 5 nitrogen and oxygen atoms in total. The summed E-state index contributed by atoms with van der Waals surface area (Å²) in [5.41, 5.74) is 9.35. The van der Waals surface area contributed by atoms with Crippen LogP contribution in [0, 0.1) is 0 Å². The third-order valence-electron chi connectivity index (χ3n) is 4.58. The highest BCUT2D eigenvalue weighted by atomic mass is 79.9. The van der Waals surface area contributed by atoms with E-state index in [1.54, 1.807) is 18.2 Å². The molecule has 1 unspecified atom stereocenters. The van der Waals surface area contributed by atoms with E-state index in [2.05, 4.69) is 20.9 Å². The maximum absolute atomic E-state index is 12.1. The van der Waals surface area contributed by atoms with Crippen LogP contribution in [-0.4, -0.2) is 12.0 Å². The average Bonchev–Trinajstić information content (AvgIpc) is 2.79. The minimum absolute atomic E-state index is 0.0970. The Morgan fingerprint density at radius 2 is 1.71 bits per heavy atom. The largest absolute Gasteiger partial charge is 0.453 e. The molecule has 31 heavy (non-hydrogen) atoms. The molecule has 0 amide bonds. The van der Waals surface area contributed by atoms with Gasteiger partial charge >= 0.3 is 5.97 Å². The molecule has 154 valence electrons.